The van der Waals surface area contributed by atoms with Gasteiger partial charge in [0, 0.05) is 26.2 Å². The lowest BCUT2D eigenvalue weighted by atomic mass is 10.2. The topological polar surface area (TPSA) is 76.2 Å². The van der Waals surface area contributed by atoms with Crippen molar-refractivity contribution in [1.82, 2.24) is 9.21 Å². The molecule has 1 amide bonds. The number of hydrogen-bond donors (Lipinski definition) is 0. The minimum absolute atomic E-state index is 0.0718. The second kappa shape index (κ2) is 9.43. The van der Waals surface area contributed by atoms with E-state index in [-0.39, 0.29) is 47.0 Å². The van der Waals surface area contributed by atoms with E-state index in [2.05, 4.69) is 0 Å². The molecular formula is C20H22Cl2N2O5S. The number of carbonyl (C=O) groups is 1. The molecule has 162 valence electrons. The number of hydrogen-bond acceptors (Lipinski definition) is 5. The molecule has 0 radical (unpaired) electrons. The summed E-state index contributed by atoms with van der Waals surface area (Å²) in [6, 6.07) is 11.5. The summed E-state index contributed by atoms with van der Waals surface area (Å²) < 4.78 is 38.0. The highest BCUT2D eigenvalue weighted by Crippen LogP contribution is 2.32. The van der Waals surface area contributed by atoms with Gasteiger partial charge in [-0.3, -0.25) is 4.79 Å². The van der Waals surface area contributed by atoms with Crippen molar-refractivity contribution in [2.24, 2.45) is 0 Å². The summed E-state index contributed by atoms with van der Waals surface area (Å²) in [5.74, 6) is 1.03. The Morgan fingerprint density at radius 3 is 2.03 bits per heavy atom. The van der Waals surface area contributed by atoms with Gasteiger partial charge in [-0.1, -0.05) is 29.3 Å². The maximum atomic E-state index is 13.0. The number of sulfonamides is 1. The van der Waals surface area contributed by atoms with Crippen LogP contribution in [0.5, 0.6) is 11.5 Å². The maximum absolute atomic E-state index is 13.0. The molecule has 0 bridgehead atoms. The Bertz CT molecular complexity index is 986. The van der Waals surface area contributed by atoms with Crippen molar-refractivity contribution >= 4 is 39.1 Å². The largest absolute Gasteiger partial charge is 0.497 e. The van der Waals surface area contributed by atoms with Crippen LogP contribution in [0.25, 0.3) is 0 Å². The Morgan fingerprint density at radius 2 is 1.50 bits per heavy atom. The van der Waals surface area contributed by atoms with Gasteiger partial charge in [0.25, 0.3) is 5.91 Å². The van der Waals surface area contributed by atoms with Crippen molar-refractivity contribution < 1.29 is 22.7 Å². The molecule has 1 aliphatic heterocycles. The summed E-state index contributed by atoms with van der Waals surface area (Å²) >= 11 is 12.1. The standard InChI is InChI=1S/C20H22Cl2N2O5S/c1-14(29-16-8-6-15(28-2)7-9-16)20(25)23-10-12-24(13-11-23)30(26,27)19-17(21)4-3-5-18(19)22/h3-9,14H,10-13H2,1-2H3. The molecule has 1 aliphatic rings. The van der Waals surface area contributed by atoms with Gasteiger partial charge in [-0.25, -0.2) is 8.42 Å². The van der Waals surface area contributed by atoms with Crippen molar-refractivity contribution in [3.05, 3.63) is 52.5 Å². The zero-order valence-corrected chi connectivity index (χ0v) is 18.9. The first-order chi connectivity index (χ1) is 14.2. The molecule has 30 heavy (non-hydrogen) atoms. The summed E-state index contributed by atoms with van der Waals surface area (Å²) in [7, 11) is -2.29. The predicted octanol–water partition coefficient (Wildman–Crippen LogP) is 3.30. The first kappa shape index (κ1) is 22.7. The van der Waals surface area contributed by atoms with E-state index in [0.717, 1.165) is 0 Å². The molecule has 1 unspecified atom stereocenters. The van der Waals surface area contributed by atoms with Gasteiger partial charge in [0.2, 0.25) is 10.0 Å². The van der Waals surface area contributed by atoms with E-state index in [4.69, 9.17) is 32.7 Å². The number of piperazine rings is 1. The minimum atomic E-state index is -3.86. The highest BCUT2D eigenvalue weighted by Gasteiger charge is 2.34. The smallest absolute Gasteiger partial charge is 0.263 e. The van der Waals surface area contributed by atoms with Crippen LogP contribution >= 0.6 is 23.2 Å². The summed E-state index contributed by atoms with van der Waals surface area (Å²) in [6.45, 7) is 2.45. The fourth-order valence-electron chi connectivity index (χ4n) is 3.17. The summed E-state index contributed by atoms with van der Waals surface area (Å²) in [5, 5.41) is 0.144. The van der Waals surface area contributed by atoms with E-state index >= 15 is 0 Å². The van der Waals surface area contributed by atoms with Crippen molar-refractivity contribution in [2.75, 3.05) is 33.3 Å². The van der Waals surface area contributed by atoms with Crippen LogP contribution in [0.2, 0.25) is 10.0 Å². The van der Waals surface area contributed by atoms with E-state index < -0.39 is 16.1 Å². The van der Waals surface area contributed by atoms with Gasteiger partial charge >= 0.3 is 0 Å². The lowest BCUT2D eigenvalue weighted by molar-refractivity contribution is -0.139. The molecule has 0 aliphatic carbocycles. The van der Waals surface area contributed by atoms with Crippen LogP contribution in [0.4, 0.5) is 0 Å². The third-order valence-corrected chi connectivity index (χ3v) is 7.64. The second-order valence-corrected chi connectivity index (χ2v) is 9.40. The molecule has 1 saturated heterocycles. The lowest BCUT2D eigenvalue weighted by Crippen LogP contribution is -2.53. The minimum Gasteiger partial charge on any atom is -0.497 e. The van der Waals surface area contributed by atoms with Gasteiger partial charge < -0.3 is 14.4 Å². The zero-order chi connectivity index (χ0) is 21.9. The maximum Gasteiger partial charge on any atom is 0.263 e. The fourth-order valence-corrected chi connectivity index (χ4v) is 5.69. The monoisotopic (exact) mass is 472 g/mol. The van der Waals surface area contributed by atoms with Crippen molar-refractivity contribution in [3.63, 3.8) is 0 Å². The molecule has 1 fully saturated rings. The van der Waals surface area contributed by atoms with E-state index in [9.17, 15) is 13.2 Å². The number of rotatable bonds is 6. The summed E-state index contributed by atoms with van der Waals surface area (Å²) in [4.78, 5) is 14.2. The first-order valence-corrected chi connectivity index (χ1v) is 11.5. The highest BCUT2D eigenvalue weighted by atomic mass is 35.5. The van der Waals surface area contributed by atoms with E-state index in [0.29, 0.717) is 11.5 Å². The number of benzene rings is 2. The lowest BCUT2D eigenvalue weighted by Gasteiger charge is -2.35. The van der Waals surface area contributed by atoms with Gasteiger partial charge in [0.15, 0.2) is 6.10 Å². The second-order valence-electron chi connectivity index (χ2n) is 6.72. The van der Waals surface area contributed by atoms with E-state index in [1.807, 2.05) is 0 Å². The van der Waals surface area contributed by atoms with Gasteiger partial charge in [-0.05, 0) is 43.3 Å². The number of carbonyl (C=O) groups excluding carboxylic acids is 1. The Labute approximate surface area is 186 Å². The Kier molecular flexibility index (Phi) is 7.13. The molecule has 3 rings (SSSR count). The zero-order valence-electron chi connectivity index (χ0n) is 16.5. The van der Waals surface area contributed by atoms with Gasteiger partial charge in [-0.15, -0.1) is 0 Å². The SMILES string of the molecule is COc1ccc(OC(C)C(=O)N2CCN(S(=O)(=O)c3c(Cl)cccc3Cl)CC2)cc1. The van der Waals surface area contributed by atoms with Crippen LogP contribution in [0.3, 0.4) is 0 Å². The predicted molar refractivity (Wildman–Crippen MR) is 115 cm³/mol. The average Bonchev–Trinajstić information content (AvgIpc) is 2.73. The Morgan fingerprint density at radius 1 is 0.967 bits per heavy atom. The van der Waals surface area contributed by atoms with E-state index in [1.165, 1.54) is 16.4 Å². The molecule has 0 saturated carbocycles. The van der Waals surface area contributed by atoms with Crippen LogP contribution < -0.4 is 9.47 Å². The van der Waals surface area contributed by atoms with Crippen molar-refractivity contribution in [2.45, 2.75) is 17.9 Å². The third kappa shape index (κ3) is 4.83. The number of amides is 1. The van der Waals surface area contributed by atoms with Crippen LogP contribution in [0.1, 0.15) is 6.92 Å². The molecule has 10 heteroatoms. The Balaban J connectivity index is 1.62. The molecular weight excluding hydrogens is 451 g/mol. The van der Waals surface area contributed by atoms with Crippen molar-refractivity contribution in [3.8, 4) is 11.5 Å². The van der Waals surface area contributed by atoms with Gasteiger partial charge in [-0.2, -0.15) is 4.31 Å². The van der Waals surface area contributed by atoms with Crippen LogP contribution in [-0.4, -0.2) is 62.9 Å². The van der Waals surface area contributed by atoms with Gasteiger partial charge in [0.1, 0.15) is 16.4 Å². The molecule has 1 heterocycles. The molecule has 2 aromatic rings. The number of halogens is 2. The Hall–Kier alpha value is -2.00. The molecule has 1 atom stereocenters. The fraction of sp³-hybridized carbons (Fsp3) is 0.350. The van der Waals surface area contributed by atoms with Crippen LogP contribution in [0, 0.1) is 0 Å². The molecule has 0 aromatic heterocycles. The molecule has 0 spiro atoms. The van der Waals surface area contributed by atoms with Crippen LogP contribution in [-0.2, 0) is 14.8 Å². The quantitative estimate of drug-likeness (QED) is 0.644. The summed E-state index contributed by atoms with van der Waals surface area (Å²) in [6.07, 6.45) is -0.709. The first-order valence-electron chi connectivity index (χ1n) is 9.27. The van der Waals surface area contributed by atoms with Crippen molar-refractivity contribution in [1.29, 1.82) is 0 Å². The molecule has 2 aromatic carbocycles. The number of nitrogens with zero attached hydrogens (tertiary/aromatic N) is 2. The highest BCUT2D eigenvalue weighted by molar-refractivity contribution is 7.89. The number of methoxy groups -OCH3 is 1. The summed E-state index contributed by atoms with van der Waals surface area (Å²) in [5.41, 5.74) is 0. The average molecular weight is 473 g/mol. The van der Waals surface area contributed by atoms with E-state index in [1.54, 1.807) is 49.3 Å². The normalized spacial score (nSPS) is 16.2. The molecule has 0 N–H and O–H groups in total. The number of ether oxygens (including phenoxy) is 2. The van der Waals surface area contributed by atoms with Gasteiger partial charge in [0.05, 0.1) is 17.2 Å². The third-order valence-electron chi connectivity index (χ3n) is 4.79. The van der Waals surface area contributed by atoms with Crippen LogP contribution in [0.15, 0.2) is 47.4 Å². The molecule has 7 nitrogen and oxygen atoms in total.